The molecule has 2 aliphatic rings. The van der Waals surface area contributed by atoms with E-state index in [1.54, 1.807) is 16.5 Å². The smallest absolute Gasteiger partial charge is 0.409 e. The molecule has 1 N–H and O–H groups in total. The molecule has 0 saturated carbocycles. The molecule has 4 rings (SSSR count). The first-order valence-corrected chi connectivity index (χ1v) is 10.8. The number of anilines is 1. The fourth-order valence-corrected chi connectivity index (χ4v) is 4.06. The van der Waals surface area contributed by atoms with E-state index in [0.29, 0.717) is 32.8 Å². The highest BCUT2D eigenvalue weighted by Gasteiger charge is 2.35. The van der Waals surface area contributed by atoms with Crippen LogP contribution in [0.25, 0.3) is 5.82 Å². The van der Waals surface area contributed by atoms with Crippen molar-refractivity contribution in [1.29, 1.82) is 0 Å². The predicted octanol–water partition coefficient (Wildman–Crippen LogP) is 1.45. The van der Waals surface area contributed by atoms with Crippen LogP contribution in [0.3, 0.4) is 0 Å². The molecule has 2 aromatic rings. The van der Waals surface area contributed by atoms with Crippen molar-refractivity contribution in [3.63, 3.8) is 0 Å². The largest absolute Gasteiger partial charge is 0.450 e. The molecule has 31 heavy (non-hydrogen) atoms. The summed E-state index contributed by atoms with van der Waals surface area (Å²) in [7, 11) is 0. The van der Waals surface area contributed by atoms with Gasteiger partial charge in [0, 0.05) is 44.0 Å². The van der Waals surface area contributed by atoms with E-state index in [9.17, 15) is 9.59 Å². The molecule has 0 bridgehead atoms. The summed E-state index contributed by atoms with van der Waals surface area (Å²) >= 11 is 0. The van der Waals surface area contributed by atoms with E-state index in [-0.39, 0.29) is 24.0 Å². The van der Waals surface area contributed by atoms with Crippen molar-refractivity contribution in [3.05, 3.63) is 29.8 Å². The Kier molecular flexibility index (Phi) is 6.06. The first kappa shape index (κ1) is 21.1. The minimum atomic E-state index is -0.272. The lowest BCUT2D eigenvalue weighted by Crippen LogP contribution is -2.56. The number of hydrogen-bond donors (Lipinski definition) is 1. The van der Waals surface area contributed by atoms with Gasteiger partial charge in [-0.1, -0.05) is 0 Å². The average Bonchev–Trinajstić information content (AvgIpc) is 3.06. The Morgan fingerprint density at radius 2 is 1.84 bits per heavy atom. The molecule has 0 aliphatic carbocycles. The zero-order valence-corrected chi connectivity index (χ0v) is 18.2. The van der Waals surface area contributed by atoms with Crippen molar-refractivity contribution in [1.82, 2.24) is 30.0 Å². The van der Waals surface area contributed by atoms with E-state index in [4.69, 9.17) is 4.74 Å². The summed E-state index contributed by atoms with van der Waals surface area (Å²) in [5.74, 6) is 1.52. The van der Waals surface area contributed by atoms with Crippen molar-refractivity contribution >= 4 is 17.8 Å². The molecule has 10 nitrogen and oxygen atoms in total. The lowest BCUT2D eigenvalue weighted by Gasteiger charge is -2.40. The van der Waals surface area contributed by atoms with Gasteiger partial charge in [0.15, 0.2) is 5.82 Å². The van der Waals surface area contributed by atoms with Crippen LogP contribution in [0.1, 0.15) is 31.2 Å². The third-order valence-electron chi connectivity index (χ3n) is 5.81. The summed E-state index contributed by atoms with van der Waals surface area (Å²) in [6.45, 7) is 8.58. The van der Waals surface area contributed by atoms with E-state index < -0.39 is 0 Å². The van der Waals surface area contributed by atoms with E-state index in [2.05, 4.69) is 25.3 Å². The normalized spacial score (nSPS) is 17.4. The Hall–Kier alpha value is -3.17. The molecule has 0 aromatic carbocycles. The summed E-state index contributed by atoms with van der Waals surface area (Å²) in [5, 5.41) is 7.61. The second-order valence-corrected chi connectivity index (χ2v) is 8.14. The van der Waals surface area contributed by atoms with Crippen LogP contribution in [-0.2, 0) is 9.53 Å². The van der Waals surface area contributed by atoms with Gasteiger partial charge in [-0.3, -0.25) is 4.79 Å². The maximum absolute atomic E-state index is 12.6. The molecule has 0 spiro atoms. The highest BCUT2D eigenvalue weighted by molar-refractivity contribution is 5.82. The van der Waals surface area contributed by atoms with Gasteiger partial charge in [-0.25, -0.2) is 19.4 Å². The average molecular weight is 428 g/mol. The summed E-state index contributed by atoms with van der Waals surface area (Å²) in [5.41, 5.74) is 1.95. The Morgan fingerprint density at radius 3 is 2.48 bits per heavy atom. The van der Waals surface area contributed by atoms with Gasteiger partial charge in [0.1, 0.15) is 12.1 Å². The number of ether oxygens (including phenoxy) is 1. The molecule has 2 amide bonds. The van der Waals surface area contributed by atoms with Gasteiger partial charge < -0.3 is 19.9 Å². The maximum atomic E-state index is 12.6. The summed E-state index contributed by atoms with van der Waals surface area (Å²) < 4.78 is 6.84. The Balaban J connectivity index is 1.27. The third-order valence-corrected chi connectivity index (χ3v) is 5.81. The van der Waals surface area contributed by atoms with Gasteiger partial charge in [0.05, 0.1) is 18.2 Å². The van der Waals surface area contributed by atoms with Crippen LogP contribution in [0.5, 0.6) is 0 Å². The van der Waals surface area contributed by atoms with Crippen molar-refractivity contribution in [3.8, 4) is 5.82 Å². The lowest BCUT2D eigenvalue weighted by molar-refractivity contribution is -0.126. The molecular weight excluding hydrogens is 398 g/mol. The minimum Gasteiger partial charge on any atom is -0.450 e. The zero-order valence-electron chi connectivity index (χ0n) is 18.2. The van der Waals surface area contributed by atoms with Crippen molar-refractivity contribution < 1.29 is 14.3 Å². The van der Waals surface area contributed by atoms with Gasteiger partial charge in [0.2, 0.25) is 5.91 Å². The Morgan fingerprint density at radius 1 is 1.13 bits per heavy atom. The van der Waals surface area contributed by atoms with Gasteiger partial charge >= 0.3 is 6.09 Å². The first-order chi connectivity index (χ1) is 14.9. The molecule has 4 heterocycles. The molecule has 0 unspecified atom stereocenters. The molecule has 166 valence electrons. The number of piperidine rings is 1. The van der Waals surface area contributed by atoms with Gasteiger partial charge in [-0.05, 0) is 39.7 Å². The maximum Gasteiger partial charge on any atom is 0.409 e. The molecule has 0 radical (unpaired) electrons. The molecule has 10 heteroatoms. The summed E-state index contributed by atoms with van der Waals surface area (Å²) in [4.78, 5) is 36.9. The monoisotopic (exact) mass is 427 g/mol. The second kappa shape index (κ2) is 8.91. The van der Waals surface area contributed by atoms with Crippen molar-refractivity contribution in [2.24, 2.45) is 5.92 Å². The van der Waals surface area contributed by atoms with E-state index in [0.717, 1.165) is 35.9 Å². The third kappa shape index (κ3) is 4.62. The van der Waals surface area contributed by atoms with Crippen LogP contribution < -0.4 is 10.2 Å². The lowest BCUT2D eigenvalue weighted by atomic mass is 9.97. The summed E-state index contributed by atoms with van der Waals surface area (Å²) in [6, 6.07) is 4.01. The number of amides is 2. The molecule has 2 aromatic heterocycles. The molecule has 2 saturated heterocycles. The Bertz CT molecular complexity index is 946. The fraction of sp³-hybridized carbons (Fsp3) is 0.571. The quantitative estimate of drug-likeness (QED) is 0.770. The van der Waals surface area contributed by atoms with Crippen LogP contribution in [-0.4, -0.2) is 75.5 Å². The molecule has 2 fully saturated rings. The van der Waals surface area contributed by atoms with Crippen molar-refractivity contribution in [2.75, 3.05) is 37.7 Å². The minimum absolute atomic E-state index is 0.0600. The number of aryl methyl sites for hydroxylation is 2. The van der Waals surface area contributed by atoms with Crippen LogP contribution >= 0.6 is 0 Å². The van der Waals surface area contributed by atoms with Gasteiger partial charge in [0.25, 0.3) is 0 Å². The number of aromatic nitrogens is 4. The summed E-state index contributed by atoms with van der Waals surface area (Å²) in [6.07, 6.45) is 2.76. The number of nitrogens with zero attached hydrogens (tertiary/aromatic N) is 6. The predicted molar refractivity (Wildman–Crippen MR) is 114 cm³/mol. The van der Waals surface area contributed by atoms with Crippen LogP contribution in [0.4, 0.5) is 10.6 Å². The van der Waals surface area contributed by atoms with Gasteiger partial charge in [-0.15, -0.1) is 0 Å². The van der Waals surface area contributed by atoms with E-state index in [1.165, 1.54) is 6.33 Å². The second-order valence-electron chi connectivity index (χ2n) is 8.14. The van der Waals surface area contributed by atoms with Crippen molar-refractivity contribution in [2.45, 2.75) is 39.7 Å². The van der Waals surface area contributed by atoms with Gasteiger partial charge in [-0.2, -0.15) is 5.10 Å². The molecular formula is C21H29N7O3. The first-order valence-electron chi connectivity index (χ1n) is 10.8. The van der Waals surface area contributed by atoms with Crippen LogP contribution in [0.15, 0.2) is 18.5 Å². The van der Waals surface area contributed by atoms with E-state index >= 15 is 0 Å². The fourth-order valence-electron chi connectivity index (χ4n) is 4.06. The molecule has 0 atom stereocenters. The SMILES string of the molecule is CCOC(=O)N1CCC(NC(=O)C2CN(c3cc(-n4nc(C)cc4C)ncn3)C2)CC1. The Labute approximate surface area is 181 Å². The number of carbonyl (C=O) groups is 2. The van der Waals surface area contributed by atoms with Crippen LogP contribution in [0, 0.1) is 19.8 Å². The molecule has 2 aliphatic heterocycles. The highest BCUT2D eigenvalue weighted by Crippen LogP contribution is 2.24. The number of rotatable bonds is 5. The van der Waals surface area contributed by atoms with Crippen LogP contribution in [0.2, 0.25) is 0 Å². The number of nitrogens with one attached hydrogen (secondary N) is 1. The zero-order chi connectivity index (χ0) is 22.0. The van der Waals surface area contributed by atoms with E-state index in [1.807, 2.05) is 26.0 Å². The topological polar surface area (TPSA) is 105 Å². The number of carbonyl (C=O) groups excluding carboxylic acids is 2. The number of likely N-dealkylation sites (tertiary alicyclic amines) is 1. The standard InChI is InChI=1S/C21H29N7O3/c1-4-31-21(30)26-7-5-17(6-8-26)24-20(29)16-11-27(12-16)18-10-19(23-13-22-18)28-15(3)9-14(2)25-28/h9-10,13,16-17H,4-8,11-12H2,1-3H3,(H,24,29). The number of hydrogen-bond acceptors (Lipinski definition) is 7. The highest BCUT2D eigenvalue weighted by atomic mass is 16.6.